The van der Waals surface area contributed by atoms with Gasteiger partial charge < -0.3 is 19.7 Å². The maximum atomic E-state index is 12.5. The van der Waals surface area contributed by atoms with E-state index in [0.29, 0.717) is 30.9 Å². The van der Waals surface area contributed by atoms with Crippen molar-refractivity contribution >= 4 is 11.8 Å². The van der Waals surface area contributed by atoms with E-state index in [0.717, 1.165) is 5.56 Å². The van der Waals surface area contributed by atoms with Crippen LogP contribution >= 0.6 is 0 Å². The van der Waals surface area contributed by atoms with Gasteiger partial charge in [0.25, 0.3) is 17.4 Å². The molecular weight excluding hydrogens is 364 g/mol. The normalized spacial score (nSPS) is 14.1. The lowest BCUT2D eigenvalue weighted by Crippen LogP contribution is -2.36. The van der Waals surface area contributed by atoms with Gasteiger partial charge in [-0.3, -0.25) is 14.4 Å². The predicted molar refractivity (Wildman–Crippen MR) is 100.0 cm³/mol. The molecule has 0 atom stereocenters. The molecule has 9 nitrogen and oxygen atoms in total. The fourth-order valence-corrected chi connectivity index (χ4v) is 2.70. The standard InChI is InChI=1S/C19H22N4O5/c1-12-11-15(21-22-16(12)24)17(25)20-7-8-23(2)18(26)13-3-5-14(6-4-13)19-27-9-10-28-19/h3-6,11,19H,7-10H2,1-2H3,(H,20,25)(H,22,24). The van der Waals surface area contributed by atoms with Crippen LogP contribution in [0.2, 0.25) is 0 Å². The van der Waals surface area contributed by atoms with Crippen molar-refractivity contribution in [1.29, 1.82) is 0 Å². The molecule has 28 heavy (non-hydrogen) atoms. The third-order valence-corrected chi connectivity index (χ3v) is 4.35. The summed E-state index contributed by atoms with van der Waals surface area (Å²) in [6, 6.07) is 8.49. The summed E-state index contributed by atoms with van der Waals surface area (Å²) in [5, 5.41) is 8.65. The summed E-state index contributed by atoms with van der Waals surface area (Å²) in [5.41, 5.74) is 1.60. The Labute approximate surface area is 161 Å². The molecule has 0 aliphatic carbocycles. The van der Waals surface area contributed by atoms with E-state index in [1.165, 1.54) is 11.0 Å². The van der Waals surface area contributed by atoms with Gasteiger partial charge in [0.1, 0.15) is 5.69 Å². The van der Waals surface area contributed by atoms with Gasteiger partial charge in [-0.05, 0) is 25.1 Å². The number of rotatable bonds is 6. The van der Waals surface area contributed by atoms with Crippen LogP contribution in [0, 0.1) is 6.92 Å². The highest BCUT2D eigenvalue weighted by Crippen LogP contribution is 2.23. The number of carbonyl (C=O) groups is 2. The first-order chi connectivity index (χ1) is 13.5. The van der Waals surface area contributed by atoms with E-state index < -0.39 is 5.91 Å². The van der Waals surface area contributed by atoms with E-state index in [1.807, 2.05) is 12.1 Å². The molecule has 1 saturated heterocycles. The third kappa shape index (κ3) is 4.62. The van der Waals surface area contributed by atoms with Gasteiger partial charge in [-0.15, -0.1) is 0 Å². The molecule has 2 heterocycles. The lowest BCUT2D eigenvalue weighted by molar-refractivity contribution is -0.0441. The van der Waals surface area contributed by atoms with E-state index in [-0.39, 0.29) is 30.0 Å². The number of ether oxygens (including phenoxy) is 2. The highest BCUT2D eigenvalue weighted by atomic mass is 16.7. The van der Waals surface area contributed by atoms with Gasteiger partial charge in [-0.1, -0.05) is 12.1 Å². The number of likely N-dealkylation sites (N-methyl/N-ethyl adjacent to an activating group) is 1. The minimum absolute atomic E-state index is 0.123. The van der Waals surface area contributed by atoms with Crippen LogP contribution in [0.25, 0.3) is 0 Å². The second kappa shape index (κ2) is 8.77. The average Bonchev–Trinajstić information content (AvgIpc) is 3.24. The zero-order valence-electron chi connectivity index (χ0n) is 15.7. The maximum Gasteiger partial charge on any atom is 0.271 e. The third-order valence-electron chi connectivity index (χ3n) is 4.35. The monoisotopic (exact) mass is 386 g/mol. The van der Waals surface area contributed by atoms with Gasteiger partial charge in [-0.2, -0.15) is 5.10 Å². The van der Waals surface area contributed by atoms with Crippen LogP contribution in [-0.2, 0) is 9.47 Å². The Morgan fingerprint density at radius 1 is 1.25 bits per heavy atom. The number of nitrogens with zero attached hydrogens (tertiary/aromatic N) is 2. The number of aryl methyl sites for hydroxylation is 1. The number of aromatic nitrogens is 2. The Morgan fingerprint density at radius 2 is 1.93 bits per heavy atom. The summed E-state index contributed by atoms with van der Waals surface area (Å²) in [6.07, 6.45) is -0.373. The van der Waals surface area contributed by atoms with Crippen LogP contribution < -0.4 is 10.9 Å². The summed E-state index contributed by atoms with van der Waals surface area (Å²) in [7, 11) is 1.66. The quantitative estimate of drug-likeness (QED) is 0.753. The molecule has 0 spiro atoms. The van der Waals surface area contributed by atoms with Crippen molar-refractivity contribution in [3.63, 3.8) is 0 Å². The molecule has 0 unspecified atom stereocenters. The molecule has 2 amide bonds. The molecule has 1 aromatic heterocycles. The zero-order valence-corrected chi connectivity index (χ0v) is 15.7. The molecule has 2 N–H and O–H groups in total. The predicted octanol–water partition coefficient (Wildman–Crippen LogP) is 0.626. The van der Waals surface area contributed by atoms with E-state index in [9.17, 15) is 14.4 Å². The minimum atomic E-state index is -0.416. The summed E-state index contributed by atoms with van der Waals surface area (Å²) in [6.45, 7) is 3.30. The van der Waals surface area contributed by atoms with E-state index in [2.05, 4.69) is 15.5 Å². The molecule has 148 valence electrons. The van der Waals surface area contributed by atoms with Crippen LogP contribution in [0.1, 0.15) is 38.3 Å². The van der Waals surface area contributed by atoms with Gasteiger partial charge in [0, 0.05) is 36.8 Å². The lowest BCUT2D eigenvalue weighted by atomic mass is 10.1. The molecule has 1 aromatic carbocycles. The number of amides is 2. The van der Waals surface area contributed by atoms with Crippen LogP contribution in [-0.4, -0.2) is 60.3 Å². The van der Waals surface area contributed by atoms with Gasteiger partial charge in [0.15, 0.2) is 6.29 Å². The molecular formula is C19H22N4O5. The second-order valence-electron chi connectivity index (χ2n) is 6.44. The largest absolute Gasteiger partial charge is 0.349 e. The van der Waals surface area contributed by atoms with Crippen molar-refractivity contribution in [2.75, 3.05) is 33.4 Å². The number of hydrogen-bond donors (Lipinski definition) is 2. The van der Waals surface area contributed by atoms with Crippen molar-refractivity contribution in [2.24, 2.45) is 0 Å². The van der Waals surface area contributed by atoms with E-state index >= 15 is 0 Å². The molecule has 3 rings (SSSR count). The first-order valence-electron chi connectivity index (χ1n) is 8.89. The van der Waals surface area contributed by atoms with Gasteiger partial charge in [-0.25, -0.2) is 5.10 Å². The maximum absolute atomic E-state index is 12.5. The molecule has 1 aliphatic heterocycles. The Hall–Kier alpha value is -3.04. The van der Waals surface area contributed by atoms with Crippen LogP contribution in [0.5, 0.6) is 0 Å². The van der Waals surface area contributed by atoms with Gasteiger partial charge >= 0.3 is 0 Å². The van der Waals surface area contributed by atoms with Crippen molar-refractivity contribution in [3.05, 3.63) is 63.1 Å². The number of hydrogen-bond acceptors (Lipinski definition) is 6. The molecule has 2 aromatic rings. The summed E-state index contributed by atoms with van der Waals surface area (Å²) in [5.74, 6) is -0.576. The molecule has 9 heteroatoms. The average molecular weight is 386 g/mol. The zero-order chi connectivity index (χ0) is 20.1. The number of H-pyrrole nitrogens is 1. The summed E-state index contributed by atoms with van der Waals surface area (Å²) < 4.78 is 10.9. The molecule has 0 saturated carbocycles. The molecule has 1 aliphatic rings. The Kier molecular flexibility index (Phi) is 6.17. The first kappa shape index (κ1) is 19.7. The van der Waals surface area contributed by atoms with Gasteiger partial charge in [0.2, 0.25) is 0 Å². The summed E-state index contributed by atoms with van der Waals surface area (Å²) >= 11 is 0. The van der Waals surface area contributed by atoms with Crippen LogP contribution in [0.3, 0.4) is 0 Å². The van der Waals surface area contributed by atoms with Crippen LogP contribution in [0.4, 0.5) is 0 Å². The Balaban J connectivity index is 1.50. The topological polar surface area (TPSA) is 114 Å². The van der Waals surface area contributed by atoms with E-state index in [4.69, 9.17) is 9.47 Å². The number of carbonyl (C=O) groups excluding carboxylic acids is 2. The highest BCUT2D eigenvalue weighted by Gasteiger charge is 2.19. The summed E-state index contributed by atoms with van der Waals surface area (Å²) in [4.78, 5) is 37.4. The smallest absolute Gasteiger partial charge is 0.271 e. The highest BCUT2D eigenvalue weighted by molar-refractivity contribution is 5.94. The number of benzene rings is 1. The molecule has 1 fully saturated rings. The first-order valence-corrected chi connectivity index (χ1v) is 8.89. The lowest BCUT2D eigenvalue weighted by Gasteiger charge is -2.18. The fourth-order valence-electron chi connectivity index (χ4n) is 2.70. The number of aromatic amines is 1. The van der Waals surface area contributed by atoms with Crippen molar-refractivity contribution in [2.45, 2.75) is 13.2 Å². The number of nitrogens with one attached hydrogen (secondary N) is 2. The van der Waals surface area contributed by atoms with Gasteiger partial charge in [0.05, 0.1) is 13.2 Å². The SMILES string of the molecule is Cc1cc(C(=O)NCCN(C)C(=O)c2ccc(C3OCCO3)cc2)n[nH]c1=O. The molecule has 0 bridgehead atoms. The fraction of sp³-hybridized carbons (Fsp3) is 0.368. The minimum Gasteiger partial charge on any atom is -0.349 e. The second-order valence-corrected chi connectivity index (χ2v) is 6.44. The van der Waals surface area contributed by atoms with Crippen molar-refractivity contribution in [3.8, 4) is 0 Å². The van der Waals surface area contributed by atoms with Crippen molar-refractivity contribution in [1.82, 2.24) is 20.4 Å². The Morgan fingerprint density at radius 3 is 2.57 bits per heavy atom. The van der Waals surface area contributed by atoms with Crippen LogP contribution in [0.15, 0.2) is 35.1 Å². The molecule has 0 radical (unpaired) electrons. The van der Waals surface area contributed by atoms with E-state index in [1.54, 1.807) is 26.1 Å². The Bertz CT molecular complexity index is 903. The van der Waals surface area contributed by atoms with Crippen molar-refractivity contribution < 1.29 is 19.1 Å².